The van der Waals surface area contributed by atoms with E-state index in [1.54, 1.807) is 24.3 Å². The molecule has 116 valence electrons. The fraction of sp³-hybridized carbons (Fsp3) is 0.167. The third-order valence-electron chi connectivity index (χ3n) is 3.25. The number of benzene rings is 2. The lowest BCUT2D eigenvalue weighted by atomic mass is 10.1. The molecule has 0 spiro atoms. The van der Waals surface area contributed by atoms with Gasteiger partial charge in [0.25, 0.3) is 0 Å². The van der Waals surface area contributed by atoms with Crippen LogP contribution in [0, 0.1) is 25.2 Å². The third-order valence-corrected chi connectivity index (χ3v) is 3.25. The first-order valence-electron chi connectivity index (χ1n) is 7.15. The second-order valence-electron chi connectivity index (χ2n) is 5.28. The Morgan fingerprint density at radius 1 is 1.04 bits per heavy atom. The standard InChI is InChI=1S/C18H17N3O2/c1-12-6-7-16(13(2)8-12)21-18(23)10-17(22)20-15-5-3-4-14(9-15)11-19/h3-9H,10H2,1-2H3,(H,20,22)(H,21,23). The van der Waals surface area contributed by atoms with E-state index in [9.17, 15) is 9.59 Å². The molecule has 0 aliphatic rings. The van der Waals surface area contributed by atoms with Crippen molar-refractivity contribution in [1.82, 2.24) is 0 Å². The van der Waals surface area contributed by atoms with Gasteiger partial charge in [-0.2, -0.15) is 5.26 Å². The number of amides is 2. The van der Waals surface area contributed by atoms with Crippen molar-refractivity contribution in [3.63, 3.8) is 0 Å². The lowest BCUT2D eigenvalue weighted by molar-refractivity contribution is -0.123. The SMILES string of the molecule is Cc1ccc(NC(=O)CC(=O)Nc2cccc(C#N)c2)c(C)c1. The van der Waals surface area contributed by atoms with E-state index in [0.29, 0.717) is 16.9 Å². The van der Waals surface area contributed by atoms with Crippen LogP contribution in [-0.2, 0) is 9.59 Å². The molecule has 0 heterocycles. The Hall–Kier alpha value is -3.13. The predicted molar refractivity (Wildman–Crippen MR) is 88.9 cm³/mol. The zero-order valence-electron chi connectivity index (χ0n) is 13.0. The fourth-order valence-corrected chi connectivity index (χ4v) is 2.17. The second kappa shape index (κ2) is 7.23. The summed E-state index contributed by atoms with van der Waals surface area (Å²) < 4.78 is 0. The molecule has 23 heavy (non-hydrogen) atoms. The molecule has 0 radical (unpaired) electrons. The maximum atomic E-state index is 11.9. The molecule has 2 amide bonds. The van der Waals surface area contributed by atoms with Crippen molar-refractivity contribution in [2.45, 2.75) is 20.3 Å². The van der Waals surface area contributed by atoms with E-state index >= 15 is 0 Å². The smallest absolute Gasteiger partial charge is 0.233 e. The Morgan fingerprint density at radius 2 is 1.78 bits per heavy atom. The molecule has 0 fully saturated rings. The minimum Gasteiger partial charge on any atom is -0.326 e. The highest BCUT2D eigenvalue weighted by Gasteiger charge is 2.11. The fourth-order valence-electron chi connectivity index (χ4n) is 2.17. The molecule has 5 heteroatoms. The van der Waals surface area contributed by atoms with E-state index in [0.717, 1.165) is 11.1 Å². The van der Waals surface area contributed by atoms with Crippen LogP contribution in [0.3, 0.4) is 0 Å². The molecule has 0 atom stereocenters. The Kier molecular flexibility index (Phi) is 5.11. The zero-order chi connectivity index (χ0) is 16.8. The minimum atomic E-state index is -0.428. The number of carbonyl (C=O) groups excluding carboxylic acids is 2. The summed E-state index contributed by atoms with van der Waals surface area (Å²) in [7, 11) is 0. The molecule has 5 nitrogen and oxygen atoms in total. The van der Waals surface area contributed by atoms with E-state index in [-0.39, 0.29) is 12.3 Å². The number of rotatable bonds is 4. The van der Waals surface area contributed by atoms with Crippen LogP contribution in [0.15, 0.2) is 42.5 Å². The van der Waals surface area contributed by atoms with Crippen molar-refractivity contribution in [3.8, 4) is 6.07 Å². The van der Waals surface area contributed by atoms with E-state index in [1.807, 2.05) is 38.1 Å². The number of hydrogen-bond donors (Lipinski definition) is 2. The van der Waals surface area contributed by atoms with Crippen molar-refractivity contribution in [3.05, 3.63) is 59.2 Å². The van der Waals surface area contributed by atoms with Crippen LogP contribution < -0.4 is 10.6 Å². The number of anilines is 2. The molecule has 0 saturated heterocycles. The highest BCUT2D eigenvalue weighted by Crippen LogP contribution is 2.16. The quantitative estimate of drug-likeness (QED) is 0.851. The summed E-state index contributed by atoms with van der Waals surface area (Å²) >= 11 is 0. The van der Waals surface area contributed by atoms with Gasteiger partial charge >= 0.3 is 0 Å². The van der Waals surface area contributed by atoms with Crippen LogP contribution in [0.5, 0.6) is 0 Å². The molecule has 2 aromatic carbocycles. The third kappa shape index (κ3) is 4.68. The summed E-state index contributed by atoms with van der Waals surface area (Å²) in [4.78, 5) is 23.8. The summed E-state index contributed by atoms with van der Waals surface area (Å²) in [6.07, 6.45) is -0.288. The number of hydrogen-bond acceptors (Lipinski definition) is 3. The number of carbonyl (C=O) groups is 2. The second-order valence-corrected chi connectivity index (χ2v) is 5.28. The molecule has 0 saturated carbocycles. The molecule has 0 aliphatic heterocycles. The van der Waals surface area contributed by atoms with Crippen LogP contribution in [0.4, 0.5) is 11.4 Å². The Bertz CT molecular complexity index is 791. The van der Waals surface area contributed by atoms with Crippen LogP contribution in [-0.4, -0.2) is 11.8 Å². The summed E-state index contributed by atoms with van der Waals surface area (Å²) in [5.41, 5.74) is 3.69. The zero-order valence-corrected chi connectivity index (χ0v) is 13.0. The van der Waals surface area contributed by atoms with Gasteiger partial charge in [-0.1, -0.05) is 23.8 Å². The van der Waals surface area contributed by atoms with Gasteiger partial charge in [0, 0.05) is 11.4 Å². The average Bonchev–Trinajstić information content (AvgIpc) is 2.50. The van der Waals surface area contributed by atoms with Gasteiger partial charge in [0.1, 0.15) is 6.42 Å². The first-order chi connectivity index (χ1) is 11.0. The predicted octanol–water partition coefficient (Wildman–Crippen LogP) is 3.14. The number of nitrogens with zero attached hydrogens (tertiary/aromatic N) is 1. The number of nitrogens with one attached hydrogen (secondary N) is 2. The first kappa shape index (κ1) is 16.2. The lowest BCUT2D eigenvalue weighted by Crippen LogP contribution is -2.21. The molecule has 2 rings (SSSR count). The monoisotopic (exact) mass is 307 g/mol. The van der Waals surface area contributed by atoms with Gasteiger partial charge in [-0.05, 0) is 43.7 Å². The van der Waals surface area contributed by atoms with E-state index in [1.165, 1.54) is 0 Å². The number of aryl methyl sites for hydroxylation is 2. The van der Waals surface area contributed by atoms with E-state index in [2.05, 4.69) is 10.6 Å². The highest BCUT2D eigenvalue weighted by molar-refractivity contribution is 6.08. The van der Waals surface area contributed by atoms with Gasteiger partial charge in [-0.3, -0.25) is 9.59 Å². The largest absolute Gasteiger partial charge is 0.326 e. The van der Waals surface area contributed by atoms with Crippen molar-refractivity contribution >= 4 is 23.2 Å². The van der Waals surface area contributed by atoms with Gasteiger partial charge < -0.3 is 10.6 Å². The van der Waals surface area contributed by atoms with Crippen molar-refractivity contribution < 1.29 is 9.59 Å². The number of nitriles is 1. The maximum Gasteiger partial charge on any atom is 0.233 e. The topological polar surface area (TPSA) is 82.0 Å². The van der Waals surface area contributed by atoms with Crippen molar-refractivity contribution in [2.75, 3.05) is 10.6 Å². The molecular weight excluding hydrogens is 290 g/mol. The first-order valence-corrected chi connectivity index (χ1v) is 7.15. The van der Waals surface area contributed by atoms with Gasteiger partial charge in [0.2, 0.25) is 11.8 Å². The van der Waals surface area contributed by atoms with E-state index in [4.69, 9.17) is 5.26 Å². The van der Waals surface area contributed by atoms with Crippen LogP contribution >= 0.6 is 0 Å². The molecule has 0 unspecified atom stereocenters. The molecule has 2 N–H and O–H groups in total. The molecular formula is C18H17N3O2. The van der Waals surface area contributed by atoms with E-state index < -0.39 is 5.91 Å². The summed E-state index contributed by atoms with van der Waals surface area (Å²) in [5, 5.41) is 14.2. The normalized spacial score (nSPS) is 9.78. The Labute approximate surface area is 134 Å². The minimum absolute atomic E-state index is 0.288. The average molecular weight is 307 g/mol. The molecule has 0 bridgehead atoms. The lowest BCUT2D eigenvalue weighted by Gasteiger charge is -2.09. The van der Waals surface area contributed by atoms with Crippen molar-refractivity contribution in [2.24, 2.45) is 0 Å². The van der Waals surface area contributed by atoms with Crippen LogP contribution in [0.1, 0.15) is 23.1 Å². The Balaban J connectivity index is 1.94. The van der Waals surface area contributed by atoms with Gasteiger partial charge in [-0.25, -0.2) is 0 Å². The van der Waals surface area contributed by atoms with Gasteiger partial charge in [0.05, 0.1) is 11.6 Å². The summed E-state index contributed by atoms with van der Waals surface area (Å²) in [6.45, 7) is 3.87. The molecule has 0 aliphatic carbocycles. The molecule has 0 aromatic heterocycles. The maximum absolute atomic E-state index is 11.9. The Morgan fingerprint density at radius 3 is 2.48 bits per heavy atom. The van der Waals surface area contributed by atoms with Crippen LogP contribution in [0.2, 0.25) is 0 Å². The van der Waals surface area contributed by atoms with Gasteiger partial charge in [-0.15, -0.1) is 0 Å². The highest BCUT2D eigenvalue weighted by atomic mass is 16.2. The summed E-state index contributed by atoms with van der Waals surface area (Å²) in [6, 6.07) is 14.2. The van der Waals surface area contributed by atoms with Gasteiger partial charge in [0.15, 0.2) is 0 Å². The van der Waals surface area contributed by atoms with Crippen LogP contribution in [0.25, 0.3) is 0 Å². The van der Waals surface area contributed by atoms with Crippen molar-refractivity contribution in [1.29, 1.82) is 5.26 Å². The summed E-state index contributed by atoms with van der Waals surface area (Å²) in [5.74, 6) is -0.812. The molecule has 2 aromatic rings.